The lowest BCUT2D eigenvalue weighted by atomic mass is 10.0. The topological polar surface area (TPSA) is 78.9 Å². The fourth-order valence-electron chi connectivity index (χ4n) is 7.80. The lowest BCUT2D eigenvalue weighted by molar-refractivity contribution is -0.167. The van der Waals surface area contributed by atoms with E-state index in [1.165, 1.54) is 135 Å². The van der Waals surface area contributed by atoms with Gasteiger partial charge in [-0.05, 0) is 70.6 Å². The van der Waals surface area contributed by atoms with Crippen molar-refractivity contribution in [1.29, 1.82) is 0 Å². The molecule has 0 saturated carbocycles. The molecule has 0 bridgehead atoms. The average molecular weight is 921 g/mol. The fraction of sp³-hybridized carbons (Fsp3) is 0.750. The number of carbonyl (C=O) groups excluding carboxylic acids is 3. The van der Waals surface area contributed by atoms with Crippen molar-refractivity contribution in [2.45, 2.75) is 277 Å². The lowest BCUT2D eigenvalue weighted by Crippen LogP contribution is -2.30. The molecule has 0 aromatic rings. The van der Waals surface area contributed by atoms with Crippen molar-refractivity contribution in [3.63, 3.8) is 0 Å². The normalized spacial score (nSPS) is 12.6. The van der Waals surface area contributed by atoms with Crippen molar-refractivity contribution in [2.75, 3.05) is 13.2 Å². The molecule has 0 aliphatic rings. The number of rotatable bonds is 50. The van der Waals surface area contributed by atoms with Gasteiger partial charge in [0.2, 0.25) is 0 Å². The van der Waals surface area contributed by atoms with Crippen LogP contribution in [0.15, 0.2) is 72.9 Å². The molecule has 0 radical (unpaired) electrons. The van der Waals surface area contributed by atoms with Gasteiger partial charge in [0.05, 0.1) is 0 Å². The molecule has 0 aliphatic carbocycles. The number of ether oxygens (including phenoxy) is 3. The van der Waals surface area contributed by atoms with Crippen molar-refractivity contribution in [3.8, 4) is 0 Å². The van der Waals surface area contributed by atoms with Gasteiger partial charge in [0.15, 0.2) is 6.10 Å². The molecule has 66 heavy (non-hydrogen) atoms. The van der Waals surface area contributed by atoms with Gasteiger partial charge in [-0.3, -0.25) is 14.4 Å². The van der Waals surface area contributed by atoms with E-state index in [4.69, 9.17) is 14.2 Å². The van der Waals surface area contributed by atoms with Crippen LogP contribution in [-0.2, 0) is 28.6 Å². The van der Waals surface area contributed by atoms with Crippen LogP contribution in [0.25, 0.3) is 0 Å². The van der Waals surface area contributed by atoms with Gasteiger partial charge >= 0.3 is 17.9 Å². The first-order valence-corrected chi connectivity index (χ1v) is 28.0. The van der Waals surface area contributed by atoms with Crippen LogP contribution in [0.2, 0.25) is 0 Å². The Hall–Kier alpha value is -3.15. The van der Waals surface area contributed by atoms with E-state index in [2.05, 4.69) is 93.7 Å². The van der Waals surface area contributed by atoms with E-state index in [1.54, 1.807) is 0 Å². The highest BCUT2D eigenvalue weighted by atomic mass is 16.6. The number of esters is 3. The molecule has 0 aromatic carbocycles. The zero-order chi connectivity index (χ0) is 47.9. The molecule has 1 atom stereocenters. The van der Waals surface area contributed by atoms with E-state index >= 15 is 0 Å². The molecule has 6 nitrogen and oxygen atoms in total. The van der Waals surface area contributed by atoms with Crippen LogP contribution in [-0.4, -0.2) is 37.2 Å². The third-order valence-corrected chi connectivity index (χ3v) is 12.1. The highest BCUT2D eigenvalue weighted by Gasteiger charge is 2.19. The largest absolute Gasteiger partial charge is 0.462 e. The summed E-state index contributed by atoms with van der Waals surface area (Å²) in [7, 11) is 0. The Balaban J connectivity index is 4.47. The summed E-state index contributed by atoms with van der Waals surface area (Å²) >= 11 is 0. The Morgan fingerprint density at radius 1 is 0.303 bits per heavy atom. The van der Waals surface area contributed by atoms with E-state index in [0.29, 0.717) is 19.3 Å². The second kappa shape index (κ2) is 54.5. The minimum Gasteiger partial charge on any atom is -0.462 e. The Kier molecular flexibility index (Phi) is 51.9. The second-order valence-electron chi connectivity index (χ2n) is 18.6. The van der Waals surface area contributed by atoms with Gasteiger partial charge in [0, 0.05) is 19.3 Å². The molecule has 0 amide bonds. The van der Waals surface area contributed by atoms with Gasteiger partial charge in [-0.1, -0.05) is 254 Å². The van der Waals surface area contributed by atoms with Gasteiger partial charge in [0.1, 0.15) is 13.2 Å². The number of allylic oxidation sites excluding steroid dienone is 12. The lowest BCUT2D eigenvalue weighted by Gasteiger charge is -2.18. The second-order valence-corrected chi connectivity index (χ2v) is 18.6. The molecule has 0 saturated heterocycles. The molecule has 0 N–H and O–H groups in total. The molecule has 0 spiro atoms. The molecule has 1 unspecified atom stereocenters. The number of hydrogen-bond donors (Lipinski definition) is 0. The van der Waals surface area contributed by atoms with Crippen molar-refractivity contribution < 1.29 is 28.6 Å². The number of carbonyl (C=O) groups is 3. The van der Waals surface area contributed by atoms with Crippen molar-refractivity contribution >= 4 is 17.9 Å². The Labute approximate surface area is 408 Å². The van der Waals surface area contributed by atoms with Crippen LogP contribution >= 0.6 is 0 Å². The van der Waals surface area contributed by atoms with E-state index < -0.39 is 6.10 Å². The Morgan fingerprint density at radius 2 is 0.545 bits per heavy atom. The molecular formula is C60H104O6. The van der Waals surface area contributed by atoms with Crippen molar-refractivity contribution in [3.05, 3.63) is 72.9 Å². The summed E-state index contributed by atoms with van der Waals surface area (Å²) < 4.78 is 16.8. The smallest absolute Gasteiger partial charge is 0.306 e. The maximum Gasteiger partial charge on any atom is 0.306 e. The minimum absolute atomic E-state index is 0.0921. The first kappa shape index (κ1) is 62.8. The predicted molar refractivity (Wildman–Crippen MR) is 284 cm³/mol. The van der Waals surface area contributed by atoms with Gasteiger partial charge < -0.3 is 14.2 Å². The van der Waals surface area contributed by atoms with Crippen LogP contribution < -0.4 is 0 Å². The van der Waals surface area contributed by atoms with Gasteiger partial charge in [-0.15, -0.1) is 0 Å². The average Bonchev–Trinajstić information content (AvgIpc) is 3.31. The van der Waals surface area contributed by atoms with E-state index in [1.807, 2.05) is 0 Å². The zero-order valence-electron chi connectivity index (χ0n) is 43.4. The van der Waals surface area contributed by atoms with Gasteiger partial charge in [0.25, 0.3) is 0 Å². The highest BCUT2D eigenvalue weighted by Crippen LogP contribution is 2.15. The maximum atomic E-state index is 12.8. The first-order valence-electron chi connectivity index (χ1n) is 28.0. The van der Waals surface area contributed by atoms with Crippen molar-refractivity contribution in [1.82, 2.24) is 0 Å². The summed E-state index contributed by atoms with van der Waals surface area (Å²) in [6, 6.07) is 0. The highest BCUT2D eigenvalue weighted by molar-refractivity contribution is 5.71. The van der Waals surface area contributed by atoms with Crippen LogP contribution in [0.1, 0.15) is 271 Å². The molecular weight excluding hydrogens is 817 g/mol. The van der Waals surface area contributed by atoms with Gasteiger partial charge in [-0.25, -0.2) is 0 Å². The van der Waals surface area contributed by atoms with Gasteiger partial charge in [-0.2, -0.15) is 0 Å². The summed E-state index contributed by atoms with van der Waals surface area (Å²) in [6.07, 6.45) is 68.8. The summed E-state index contributed by atoms with van der Waals surface area (Å²) in [5, 5.41) is 0. The zero-order valence-corrected chi connectivity index (χ0v) is 43.4. The standard InChI is InChI=1S/C60H104O6/c1-4-7-10-13-16-19-22-25-28-30-31-33-35-38-41-44-47-50-53-59(62)65-56-57(55-64-58(61)52-49-46-43-40-37-34-27-24-21-18-15-12-9-6-3)66-60(63)54-51-48-45-42-39-36-32-29-26-23-20-17-14-11-8-5-2/h16,19,22,25,28-33,36,39,57H,4-15,17-18,20-21,23-24,26-27,34-35,37-38,40-56H2,1-3H3/b19-16-,25-22-,30-28-,32-29-,33-31-,39-36-. The van der Waals surface area contributed by atoms with Crippen molar-refractivity contribution in [2.24, 2.45) is 0 Å². The fourth-order valence-corrected chi connectivity index (χ4v) is 7.80. The summed E-state index contributed by atoms with van der Waals surface area (Å²) in [4.78, 5) is 38.1. The molecule has 0 aliphatic heterocycles. The van der Waals surface area contributed by atoms with E-state index in [9.17, 15) is 14.4 Å². The molecule has 0 heterocycles. The maximum absolute atomic E-state index is 12.8. The Morgan fingerprint density at radius 3 is 0.909 bits per heavy atom. The quantitative estimate of drug-likeness (QED) is 0.0262. The van der Waals surface area contributed by atoms with E-state index in [0.717, 1.165) is 96.3 Å². The molecule has 6 heteroatoms. The van der Waals surface area contributed by atoms with Crippen LogP contribution in [0.3, 0.4) is 0 Å². The Bertz CT molecular complexity index is 1240. The monoisotopic (exact) mass is 921 g/mol. The molecule has 0 aromatic heterocycles. The SMILES string of the molecule is CCCCC\C=C/C=C\C=C/C=C\CCCCCCCC(=O)OCC(COC(=O)CCCCCCCCCCCCCCCC)OC(=O)CCCCC/C=C\C=C/CCCCCCCCC. The molecule has 0 rings (SSSR count). The number of hydrogen-bond acceptors (Lipinski definition) is 6. The molecule has 380 valence electrons. The van der Waals surface area contributed by atoms with E-state index in [-0.39, 0.29) is 31.1 Å². The summed E-state index contributed by atoms with van der Waals surface area (Å²) in [6.45, 7) is 6.57. The third kappa shape index (κ3) is 51.8. The minimum atomic E-state index is -0.798. The first-order chi connectivity index (χ1) is 32.5. The van der Waals surface area contributed by atoms with Crippen LogP contribution in [0, 0.1) is 0 Å². The molecule has 0 fully saturated rings. The third-order valence-electron chi connectivity index (χ3n) is 12.1. The predicted octanol–water partition coefficient (Wildman–Crippen LogP) is 18.6. The van der Waals surface area contributed by atoms with Crippen LogP contribution in [0.4, 0.5) is 0 Å². The summed E-state index contributed by atoms with van der Waals surface area (Å²) in [5.41, 5.74) is 0. The van der Waals surface area contributed by atoms with Crippen LogP contribution in [0.5, 0.6) is 0 Å². The summed E-state index contributed by atoms with van der Waals surface area (Å²) in [5.74, 6) is -0.935. The number of unbranched alkanes of at least 4 members (excludes halogenated alkanes) is 31.